The number of hydrogen-bond donors (Lipinski definition) is 4. The molecule has 9 heteroatoms. The molecule has 44 heavy (non-hydrogen) atoms. The van der Waals surface area contributed by atoms with E-state index in [0.29, 0.717) is 42.2 Å². The third-order valence-corrected chi connectivity index (χ3v) is 9.08. The van der Waals surface area contributed by atoms with Gasteiger partial charge in [0.15, 0.2) is 0 Å². The van der Waals surface area contributed by atoms with Crippen LogP contribution in [0.3, 0.4) is 0 Å². The molecule has 1 unspecified atom stereocenters. The lowest BCUT2D eigenvalue weighted by atomic mass is 9.95. The number of nitrogens with one attached hydrogen (secondary N) is 3. The van der Waals surface area contributed by atoms with E-state index in [1.807, 2.05) is 43.3 Å². The predicted molar refractivity (Wildman–Crippen MR) is 170 cm³/mol. The first-order valence-electron chi connectivity index (χ1n) is 15.9. The van der Waals surface area contributed by atoms with E-state index in [4.69, 9.17) is 10.5 Å². The number of amides is 3. The first-order chi connectivity index (χ1) is 21.4. The molecular formula is C35H41N5O4. The van der Waals surface area contributed by atoms with Crippen LogP contribution in [0.15, 0.2) is 54.7 Å². The molecule has 0 radical (unpaired) electrons. The molecule has 9 nitrogen and oxygen atoms in total. The second-order valence-corrected chi connectivity index (χ2v) is 12.4. The van der Waals surface area contributed by atoms with Gasteiger partial charge >= 0.3 is 6.09 Å². The zero-order valence-electron chi connectivity index (χ0n) is 25.2. The van der Waals surface area contributed by atoms with E-state index in [-0.39, 0.29) is 29.9 Å². The minimum atomic E-state index is -0.489. The fourth-order valence-electron chi connectivity index (χ4n) is 6.34. The summed E-state index contributed by atoms with van der Waals surface area (Å²) in [6.07, 6.45) is 9.41. The number of rotatable bonds is 6. The second kappa shape index (κ2) is 13.2. The molecule has 2 saturated carbocycles. The molecule has 2 fully saturated rings. The van der Waals surface area contributed by atoms with Crippen molar-refractivity contribution in [2.45, 2.75) is 89.3 Å². The first kappa shape index (κ1) is 29.8. The SMILES string of the molecule is C[C@H]1CCCC(NC(=O)c2ccc(CN)c(C3CC3)c2)c2cc(ccn2)-c2ccc(NC(=O)OC3CCCC3)cc2NC1=O. The van der Waals surface area contributed by atoms with Gasteiger partial charge in [0.2, 0.25) is 5.91 Å². The average molecular weight is 596 g/mol. The van der Waals surface area contributed by atoms with Crippen molar-refractivity contribution in [3.63, 3.8) is 0 Å². The van der Waals surface area contributed by atoms with Gasteiger partial charge in [-0.3, -0.25) is 19.9 Å². The van der Waals surface area contributed by atoms with Crippen molar-refractivity contribution in [3.05, 3.63) is 77.1 Å². The molecule has 1 aromatic heterocycles. The van der Waals surface area contributed by atoms with Crippen LogP contribution in [0.1, 0.15) is 104 Å². The van der Waals surface area contributed by atoms with Crippen LogP contribution in [0.25, 0.3) is 11.1 Å². The van der Waals surface area contributed by atoms with Gasteiger partial charge in [-0.15, -0.1) is 0 Å². The van der Waals surface area contributed by atoms with Gasteiger partial charge in [0.25, 0.3) is 5.91 Å². The number of benzene rings is 2. The average Bonchev–Trinajstić information content (AvgIpc) is 3.75. The van der Waals surface area contributed by atoms with Crippen molar-refractivity contribution < 1.29 is 19.1 Å². The molecule has 5 N–H and O–H groups in total. The van der Waals surface area contributed by atoms with Gasteiger partial charge in [-0.1, -0.05) is 25.5 Å². The molecular weight excluding hydrogens is 554 g/mol. The van der Waals surface area contributed by atoms with Gasteiger partial charge in [-0.2, -0.15) is 0 Å². The highest BCUT2D eigenvalue weighted by Gasteiger charge is 2.28. The van der Waals surface area contributed by atoms with E-state index in [2.05, 4.69) is 20.9 Å². The van der Waals surface area contributed by atoms with Crippen molar-refractivity contribution in [1.29, 1.82) is 0 Å². The largest absolute Gasteiger partial charge is 0.446 e. The number of hydrogen-bond acceptors (Lipinski definition) is 6. The van der Waals surface area contributed by atoms with Gasteiger partial charge in [0, 0.05) is 35.5 Å². The molecule has 2 aromatic carbocycles. The topological polar surface area (TPSA) is 135 Å². The zero-order chi connectivity index (χ0) is 30.6. The summed E-state index contributed by atoms with van der Waals surface area (Å²) in [6.45, 7) is 2.37. The normalized spacial score (nSPS) is 20.5. The number of carbonyl (C=O) groups is 3. The molecule has 6 rings (SSSR count). The van der Waals surface area contributed by atoms with Crippen LogP contribution in [0.4, 0.5) is 16.2 Å². The molecule has 2 aliphatic carbocycles. The van der Waals surface area contributed by atoms with Crippen molar-refractivity contribution in [2.75, 3.05) is 10.6 Å². The summed E-state index contributed by atoms with van der Waals surface area (Å²) in [7, 11) is 0. The summed E-state index contributed by atoms with van der Waals surface area (Å²) in [5, 5.41) is 9.15. The number of nitrogens with two attached hydrogens (primary N) is 1. The fraction of sp³-hybridized carbons (Fsp3) is 0.429. The number of nitrogens with zero attached hydrogens (tertiary/aromatic N) is 1. The highest BCUT2D eigenvalue weighted by Crippen LogP contribution is 2.42. The number of aromatic nitrogens is 1. The van der Waals surface area contributed by atoms with Crippen LogP contribution in [0.5, 0.6) is 0 Å². The Kier molecular flexibility index (Phi) is 8.93. The van der Waals surface area contributed by atoms with Crippen LogP contribution in [0.2, 0.25) is 0 Å². The van der Waals surface area contributed by atoms with E-state index in [9.17, 15) is 14.4 Å². The Hall–Kier alpha value is -4.24. The summed E-state index contributed by atoms with van der Waals surface area (Å²) in [5.41, 5.74) is 12.4. The predicted octanol–water partition coefficient (Wildman–Crippen LogP) is 6.81. The number of anilines is 2. The Bertz CT molecular complexity index is 1550. The lowest BCUT2D eigenvalue weighted by Gasteiger charge is -2.23. The fourth-order valence-corrected chi connectivity index (χ4v) is 6.34. The molecule has 0 saturated heterocycles. The van der Waals surface area contributed by atoms with Crippen molar-refractivity contribution in [1.82, 2.24) is 10.3 Å². The summed E-state index contributed by atoms with van der Waals surface area (Å²) in [5.74, 6) is -0.00716. The maximum atomic E-state index is 13.5. The summed E-state index contributed by atoms with van der Waals surface area (Å²) < 4.78 is 5.57. The Morgan fingerprint density at radius 2 is 1.80 bits per heavy atom. The van der Waals surface area contributed by atoms with Crippen LogP contribution < -0.4 is 21.7 Å². The van der Waals surface area contributed by atoms with E-state index < -0.39 is 6.09 Å². The smallest absolute Gasteiger partial charge is 0.411 e. The van der Waals surface area contributed by atoms with Gasteiger partial charge in [0.05, 0.1) is 17.4 Å². The first-order valence-corrected chi connectivity index (χ1v) is 15.9. The summed E-state index contributed by atoms with van der Waals surface area (Å²) in [6, 6.07) is 14.8. The lowest BCUT2D eigenvalue weighted by molar-refractivity contribution is -0.119. The van der Waals surface area contributed by atoms with Crippen molar-refractivity contribution >= 4 is 29.3 Å². The monoisotopic (exact) mass is 595 g/mol. The quantitative estimate of drug-likeness (QED) is 0.247. The summed E-state index contributed by atoms with van der Waals surface area (Å²) >= 11 is 0. The molecule has 1 aliphatic heterocycles. The highest BCUT2D eigenvalue weighted by atomic mass is 16.6. The standard InChI is InChI=1S/C35H41N5O4/c1-21-5-4-8-30(39-34(42)24-11-12-25(20-36)29(17-24)22-9-10-22)32-18-23(15-16-37-32)28-14-13-26(19-31(28)40-33(21)41)38-35(43)44-27-6-2-3-7-27/h11-19,21-22,27,30H,2-10,20,36H2,1H3,(H,38,43)(H,39,42)(H,40,41)/t21-,30?/m0/s1. The molecule has 3 amide bonds. The van der Waals surface area contributed by atoms with Gasteiger partial charge in [-0.05, 0) is 110 Å². The third-order valence-electron chi connectivity index (χ3n) is 9.08. The molecule has 0 spiro atoms. The van der Waals surface area contributed by atoms with Gasteiger partial charge < -0.3 is 21.1 Å². The molecule has 230 valence electrons. The van der Waals surface area contributed by atoms with Gasteiger partial charge in [0.1, 0.15) is 6.10 Å². The Labute approximate surface area is 258 Å². The number of carbonyl (C=O) groups excluding carboxylic acids is 3. The van der Waals surface area contributed by atoms with Crippen LogP contribution in [-0.2, 0) is 16.1 Å². The van der Waals surface area contributed by atoms with Crippen LogP contribution >= 0.6 is 0 Å². The summed E-state index contributed by atoms with van der Waals surface area (Å²) in [4.78, 5) is 44.0. The second-order valence-electron chi connectivity index (χ2n) is 12.4. The maximum Gasteiger partial charge on any atom is 0.411 e. The van der Waals surface area contributed by atoms with E-state index in [1.165, 1.54) is 5.56 Å². The third kappa shape index (κ3) is 6.94. The molecule has 2 bridgehead atoms. The minimum Gasteiger partial charge on any atom is -0.446 e. The molecule has 3 aromatic rings. The number of fused-ring (bicyclic) bond motifs is 4. The molecule has 3 aliphatic rings. The van der Waals surface area contributed by atoms with E-state index >= 15 is 0 Å². The highest BCUT2D eigenvalue weighted by molar-refractivity contribution is 5.98. The molecule has 2 atom stereocenters. The zero-order valence-corrected chi connectivity index (χ0v) is 25.2. The van der Waals surface area contributed by atoms with Crippen LogP contribution in [-0.4, -0.2) is 29.0 Å². The lowest BCUT2D eigenvalue weighted by Crippen LogP contribution is -2.30. The van der Waals surface area contributed by atoms with Gasteiger partial charge in [-0.25, -0.2) is 4.79 Å². The number of ether oxygens (including phenoxy) is 1. The van der Waals surface area contributed by atoms with Crippen molar-refractivity contribution in [2.24, 2.45) is 11.7 Å². The van der Waals surface area contributed by atoms with Crippen molar-refractivity contribution in [3.8, 4) is 11.1 Å². The van der Waals surface area contributed by atoms with E-state index in [0.717, 1.165) is 67.3 Å². The Morgan fingerprint density at radius 1 is 0.977 bits per heavy atom. The Morgan fingerprint density at radius 3 is 2.57 bits per heavy atom. The maximum absolute atomic E-state index is 13.5. The van der Waals surface area contributed by atoms with E-state index in [1.54, 1.807) is 18.3 Å². The Balaban J connectivity index is 1.27. The van der Waals surface area contributed by atoms with Crippen LogP contribution in [0, 0.1) is 5.92 Å². The molecule has 2 heterocycles. The number of pyridine rings is 1. The minimum absolute atomic E-state index is 0.0472.